The molecule has 36 heavy (non-hydrogen) atoms. The van der Waals surface area contributed by atoms with Crippen molar-refractivity contribution in [3.63, 3.8) is 0 Å². The first-order valence-electron chi connectivity index (χ1n) is 11.9. The number of halogens is 2. The zero-order chi connectivity index (χ0) is 27.2. The van der Waals surface area contributed by atoms with Crippen LogP contribution in [0.3, 0.4) is 0 Å². The normalized spacial score (nSPS) is 13.2. The van der Waals surface area contributed by atoms with Crippen molar-refractivity contribution in [2.24, 2.45) is 0 Å². The zero-order valence-electron chi connectivity index (χ0n) is 21.6. The first kappa shape index (κ1) is 29.9. The minimum atomic E-state index is -3.82. The number of amides is 2. The average molecular weight is 557 g/mol. The molecule has 2 atom stereocenters. The number of rotatable bonds is 11. The summed E-state index contributed by atoms with van der Waals surface area (Å²) in [6, 6.07) is 11.0. The van der Waals surface area contributed by atoms with E-state index in [-0.39, 0.29) is 24.4 Å². The number of sulfonamides is 1. The van der Waals surface area contributed by atoms with Crippen molar-refractivity contribution in [2.45, 2.75) is 65.6 Å². The Kier molecular flexibility index (Phi) is 10.6. The lowest BCUT2D eigenvalue weighted by atomic mass is 10.0. The molecule has 2 rings (SSSR count). The third-order valence-corrected chi connectivity index (χ3v) is 7.74. The summed E-state index contributed by atoms with van der Waals surface area (Å²) in [6.45, 7) is 8.89. The van der Waals surface area contributed by atoms with Gasteiger partial charge < -0.3 is 10.2 Å². The van der Waals surface area contributed by atoms with E-state index in [1.165, 1.54) is 4.90 Å². The van der Waals surface area contributed by atoms with Crippen LogP contribution in [0.15, 0.2) is 42.5 Å². The van der Waals surface area contributed by atoms with Crippen LogP contribution in [-0.4, -0.2) is 50.0 Å². The van der Waals surface area contributed by atoms with E-state index in [0.717, 1.165) is 22.5 Å². The second-order valence-electron chi connectivity index (χ2n) is 9.23. The fourth-order valence-corrected chi connectivity index (χ4v) is 5.02. The van der Waals surface area contributed by atoms with Crippen molar-refractivity contribution in [2.75, 3.05) is 17.1 Å². The van der Waals surface area contributed by atoms with Crippen molar-refractivity contribution in [3.05, 3.63) is 63.6 Å². The molecule has 1 N–H and O–H groups in total. The highest BCUT2D eigenvalue weighted by Gasteiger charge is 2.31. The molecule has 0 radical (unpaired) electrons. The number of carbonyl (C=O) groups excluding carboxylic acids is 2. The fourth-order valence-electron chi connectivity index (χ4n) is 3.68. The number of nitrogens with one attached hydrogen (secondary N) is 1. The molecule has 0 unspecified atom stereocenters. The number of hydrogen-bond acceptors (Lipinski definition) is 4. The molecule has 0 aliphatic carbocycles. The van der Waals surface area contributed by atoms with Gasteiger partial charge in [0.1, 0.15) is 12.6 Å². The Hall–Kier alpha value is -2.29. The predicted molar refractivity (Wildman–Crippen MR) is 147 cm³/mol. The van der Waals surface area contributed by atoms with E-state index in [1.54, 1.807) is 37.3 Å². The molecule has 10 heteroatoms. The van der Waals surface area contributed by atoms with E-state index in [4.69, 9.17) is 23.2 Å². The molecule has 0 spiro atoms. The molecule has 7 nitrogen and oxygen atoms in total. The van der Waals surface area contributed by atoms with E-state index in [2.05, 4.69) is 5.32 Å². The number of hydrogen-bond donors (Lipinski definition) is 1. The van der Waals surface area contributed by atoms with E-state index in [1.807, 2.05) is 39.8 Å². The largest absolute Gasteiger partial charge is 0.352 e. The second kappa shape index (κ2) is 12.8. The summed E-state index contributed by atoms with van der Waals surface area (Å²) in [4.78, 5) is 28.1. The average Bonchev–Trinajstić information content (AvgIpc) is 2.80. The van der Waals surface area contributed by atoms with Crippen molar-refractivity contribution in [1.29, 1.82) is 0 Å². The molecule has 0 aromatic heterocycles. The van der Waals surface area contributed by atoms with Crippen LogP contribution in [0.5, 0.6) is 0 Å². The van der Waals surface area contributed by atoms with E-state index in [9.17, 15) is 18.0 Å². The third-order valence-electron chi connectivity index (χ3n) is 6.03. The van der Waals surface area contributed by atoms with Gasteiger partial charge in [0.25, 0.3) is 0 Å². The van der Waals surface area contributed by atoms with Gasteiger partial charge in [0.15, 0.2) is 0 Å². The summed E-state index contributed by atoms with van der Waals surface area (Å²) in [6.07, 6.45) is 1.79. The highest BCUT2D eigenvalue weighted by molar-refractivity contribution is 7.92. The van der Waals surface area contributed by atoms with Crippen LogP contribution < -0.4 is 9.62 Å². The smallest absolute Gasteiger partial charge is 0.244 e. The van der Waals surface area contributed by atoms with Gasteiger partial charge in [-0.1, -0.05) is 68.2 Å². The summed E-state index contributed by atoms with van der Waals surface area (Å²) in [5.41, 5.74) is 1.82. The molecule has 198 valence electrons. The van der Waals surface area contributed by atoms with Crippen molar-refractivity contribution < 1.29 is 18.0 Å². The number of carbonyl (C=O) groups is 2. The van der Waals surface area contributed by atoms with Gasteiger partial charge in [-0.05, 0) is 55.5 Å². The quantitative estimate of drug-likeness (QED) is 0.412. The molecule has 2 aromatic rings. The highest BCUT2D eigenvalue weighted by Crippen LogP contribution is 2.29. The number of nitrogens with zero attached hydrogens (tertiary/aromatic N) is 2. The number of anilines is 1. The fraction of sp³-hybridized carbons (Fsp3) is 0.462. The third kappa shape index (κ3) is 7.85. The predicted octanol–water partition coefficient (Wildman–Crippen LogP) is 5.21. The molecule has 2 aromatic carbocycles. The summed E-state index contributed by atoms with van der Waals surface area (Å²) in [7, 11) is -3.82. The molecule has 0 aliphatic rings. The maximum atomic E-state index is 13.7. The summed E-state index contributed by atoms with van der Waals surface area (Å²) >= 11 is 12.4. The van der Waals surface area contributed by atoms with Crippen LogP contribution in [0.1, 0.15) is 58.1 Å². The summed E-state index contributed by atoms with van der Waals surface area (Å²) in [5, 5.41) is 3.68. The van der Waals surface area contributed by atoms with Crippen LogP contribution >= 0.6 is 23.2 Å². The number of benzene rings is 2. The molecular formula is C26H35Cl2N3O4S. The van der Waals surface area contributed by atoms with Gasteiger partial charge in [0.05, 0.1) is 11.9 Å². The first-order valence-corrected chi connectivity index (χ1v) is 14.5. The van der Waals surface area contributed by atoms with Gasteiger partial charge in [0.2, 0.25) is 21.8 Å². The molecule has 0 saturated heterocycles. The van der Waals surface area contributed by atoms with Gasteiger partial charge in [-0.2, -0.15) is 0 Å². The summed E-state index contributed by atoms with van der Waals surface area (Å²) in [5.74, 6) is -0.835. The maximum absolute atomic E-state index is 13.7. The Labute approximate surface area is 224 Å². The Morgan fingerprint density at radius 3 is 2.22 bits per heavy atom. The zero-order valence-corrected chi connectivity index (χ0v) is 23.9. The second-order valence-corrected chi connectivity index (χ2v) is 12.0. The Bertz CT molecular complexity index is 1190. The Balaban J connectivity index is 2.49. The molecular weight excluding hydrogens is 521 g/mol. The van der Waals surface area contributed by atoms with Crippen LogP contribution in [0.25, 0.3) is 0 Å². The van der Waals surface area contributed by atoms with Crippen molar-refractivity contribution in [1.82, 2.24) is 10.2 Å². The van der Waals surface area contributed by atoms with Gasteiger partial charge in [-0.25, -0.2) is 8.42 Å². The molecule has 0 aliphatic heterocycles. The van der Waals surface area contributed by atoms with E-state index < -0.39 is 28.5 Å². The number of para-hydroxylation sites is 1. The molecule has 0 bridgehead atoms. The Morgan fingerprint density at radius 2 is 1.67 bits per heavy atom. The van der Waals surface area contributed by atoms with E-state index >= 15 is 0 Å². The molecule has 0 heterocycles. The van der Waals surface area contributed by atoms with Gasteiger partial charge in [-0.15, -0.1) is 0 Å². The molecule has 0 fully saturated rings. The SMILES string of the molecule is CC[C@H](C)NC(=O)[C@@H](C)N(Cc1ccc(Cl)cc1Cl)C(=O)CN(c1ccccc1C(C)C)S(C)(=O)=O. The van der Waals surface area contributed by atoms with Crippen LogP contribution in [0, 0.1) is 0 Å². The first-order chi connectivity index (χ1) is 16.8. The highest BCUT2D eigenvalue weighted by atomic mass is 35.5. The minimum Gasteiger partial charge on any atom is -0.352 e. The van der Waals surface area contributed by atoms with Crippen LogP contribution in [-0.2, 0) is 26.2 Å². The minimum absolute atomic E-state index is 0.00730. The van der Waals surface area contributed by atoms with Gasteiger partial charge in [0, 0.05) is 22.6 Å². The lowest BCUT2D eigenvalue weighted by Gasteiger charge is -2.33. The van der Waals surface area contributed by atoms with Crippen LogP contribution in [0.2, 0.25) is 10.0 Å². The van der Waals surface area contributed by atoms with Crippen molar-refractivity contribution in [3.8, 4) is 0 Å². The Morgan fingerprint density at radius 1 is 1.03 bits per heavy atom. The maximum Gasteiger partial charge on any atom is 0.244 e. The summed E-state index contributed by atoms with van der Waals surface area (Å²) < 4.78 is 26.8. The standard InChI is InChI=1S/C26H35Cl2N3O4S/c1-7-18(4)29-26(33)19(5)30(15-20-12-13-21(27)14-23(20)28)25(32)16-31(36(6,34)35)24-11-9-8-10-22(24)17(2)3/h8-14,17-19H,7,15-16H2,1-6H3,(H,29,33)/t18-,19+/m0/s1. The lowest BCUT2D eigenvalue weighted by molar-refractivity contribution is -0.139. The van der Waals surface area contributed by atoms with Crippen molar-refractivity contribution >= 4 is 50.7 Å². The lowest BCUT2D eigenvalue weighted by Crippen LogP contribution is -2.52. The monoisotopic (exact) mass is 555 g/mol. The topological polar surface area (TPSA) is 86.8 Å². The molecule has 2 amide bonds. The van der Waals surface area contributed by atoms with Crippen LogP contribution in [0.4, 0.5) is 5.69 Å². The van der Waals surface area contributed by atoms with Gasteiger partial charge in [-0.3, -0.25) is 13.9 Å². The molecule has 0 saturated carbocycles. The van der Waals surface area contributed by atoms with E-state index in [0.29, 0.717) is 21.3 Å². The van der Waals surface area contributed by atoms with Gasteiger partial charge >= 0.3 is 0 Å².